The van der Waals surface area contributed by atoms with E-state index in [4.69, 9.17) is 0 Å². The van der Waals surface area contributed by atoms with Crippen molar-refractivity contribution in [3.63, 3.8) is 0 Å². The van der Waals surface area contributed by atoms with Crippen LogP contribution in [0.5, 0.6) is 0 Å². The number of aromatic nitrogens is 1. The third kappa shape index (κ3) is 1.86. The maximum atomic E-state index is 11.8. The topological polar surface area (TPSA) is 39.1 Å². The van der Waals surface area contributed by atoms with E-state index in [9.17, 15) is 9.59 Å². The lowest BCUT2D eigenvalue weighted by Gasteiger charge is -2.00. The van der Waals surface area contributed by atoms with Crippen LogP contribution >= 0.6 is 0 Å². The fourth-order valence-electron chi connectivity index (χ4n) is 1.34. The van der Waals surface area contributed by atoms with E-state index in [0.717, 1.165) is 6.29 Å². The van der Waals surface area contributed by atoms with E-state index in [1.165, 1.54) is 10.8 Å². The first kappa shape index (κ1) is 9.40. The number of carbonyl (C=O) groups is 2. The van der Waals surface area contributed by atoms with Crippen LogP contribution in [0.1, 0.15) is 20.7 Å². The second kappa shape index (κ2) is 3.92. The summed E-state index contributed by atoms with van der Waals surface area (Å²) in [5, 5.41) is 0. The molecule has 0 unspecified atom stereocenters. The third-order valence-corrected chi connectivity index (χ3v) is 2.11. The summed E-state index contributed by atoms with van der Waals surface area (Å²) in [7, 11) is 0. The van der Waals surface area contributed by atoms with Gasteiger partial charge in [0.05, 0.1) is 0 Å². The van der Waals surface area contributed by atoms with Gasteiger partial charge >= 0.3 is 0 Å². The summed E-state index contributed by atoms with van der Waals surface area (Å²) in [6, 6.07) is 10.5. The molecule has 1 aromatic heterocycles. The Morgan fingerprint density at radius 3 is 2.47 bits per heavy atom. The maximum Gasteiger partial charge on any atom is 0.261 e. The minimum Gasteiger partial charge on any atom is -0.298 e. The molecule has 0 N–H and O–H groups in total. The fraction of sp³-hybridized carbons (Fsp3) is 0. The van der Waals surface area contributed by atoms with E-state index >= 15 is 0 Å². The molecule has 15 heavy (non-hydrogen) atoms. The molecule has 3 heteroatoms. The van der Waals surface area contributed by atoms with E-state index in [1.54, 1.807) is 36.5 Å². The summed E-state index contributed by atoms with van der Waals surface area (Å²) >= 11 is 0. The lowest BCUT2D eigenvalue weighted by molar-refractivity contribution is 0.0960. The molecule has 0 bridgehead atoms. The molecular weight excluding hydrogens is 190 g/mol. The highest BCUT2D eigenvalue weighted by molar-refractivity contribution is 5.96. The smallest absolute Gasteiger partial charge is 0.261 e. The average Bonchev–Trinajstić information content (AvgIpc) is 2.78. The maximum absolute atomic E-state index is 11.8. The summed E-state index contributed by atoms with van der Waals surface area (Å²) in [5.74, 6) is -0.135. The predicted octanol–water partition coefficient (Wildman–Crippen LogP) is 1.99. The molecule has 0 aliphatic rings. The van der Waals surface area contributed by atoms with E-state index in [1.807, 2.05) is 6.07 Å². The minimum absolute atomic E-state index is 0.135. The molecule has 1 aromatic carbocycles. The van der Waals surface area contributed by atoms with E-state index in [-0.39, 0.29) is 5.91 Å². The van der Waals surface area contributed by atoms with Gasteiger partial charge in [-0.25, -0.2) is 0 Å². The summed E-state index contributed by atoms with van der Waals surface area (Å²) in [4.78, 5) is 22.3. The van der Waals surface area contributed by atoms with Crippen molar-refractivity contribution in [1.29, 1.82) is 0 Å². The number of rotatable bonds is 2. The average molecular weight is 199 g/mol. The van der Waals surface area contributed by atoms with Crippen molar-refractivity contribution in [2.24, 2.45) is 0 Å². The molecule has 0 fully saturated rings. The van der Waals surface area contributed by atoms with Crippen molar-refractivity contribution in [1.82, 2.24) is 4.57 Å². The second-order valence-corrected chi connectivity index (χ2v) is 3.14. The monoisotopic (exact) mass is 199 g/mol. The van der Waals surface area contributed by atoms with Crippen LogP contribution in [-0.2, 0) is 0 Å². The van der Waals surface area contributed by atoms with Crippen molar-refractivity contribution in [3.05, 3.63) is 59.9 Å². The van der Waals surface area contributed by atoms with Gasteiger partial charge in [-0.1, -0.05) is 18.2 Å². The highest BCUT2D eigenvalue weighted by Gasteiger charge is 2.07. The Balaban J connectivity index is 2.32. The van der Waals surface area contributed by atoms with Crippen molar-refractivity contribution >= 4 is 12.2 Å². The van der Waals surface area contributed by atoms with Crippen LogP contribution in [0.4, 0.5) is 0 Å². The first-order valence-corrected chi connectivity index (χ1v) is 4.54. The first-order chi connectivity index (χ1) is 7.31. The van der Waals surface area contributed by atoms with Gasteiger partial charge in [0.1, 0.15) is 0 Å². The number of hydrogen-bond acceptors (Lipinski definition) is 2. The van der Waals surface area contributed by atoms with Gasteiger partial charge < -0.3 is 0 Å². The molecule has 2 rings (SSSR count). The molecule has 0 saturated heterocycles. The summed E-state index contributed by atoms with van der Waals surface area (Å²) < 4.78 is 1.40. The Kier molecular flexibility index (Phi) is 2.46. The van der Waals surface area contributed by atoms with Crippen molar-refractivity contribution in [2.75, 3.05) is 0 Å². The Morgan fingerprint density at radius 1 is 1.13 bits per heavy atom. The predicted molar refractivity (Wildman–Crippen MR) is 56.0 cm³/mol. The SMILES string of the molecule is O=Cc1ccn(C(=O)c2ccccc2)c1. The molecule has 0 atom stereocenters. The van der Waals surface area contributed by atoms with Crippen LogP contribution in [0.15, 0.2) is 48.8 Å². The summed E-state index contributed by atoms with van der Waals surface area (Å²) in [6.07, 6.45) is 3.82. The van der Waals surface area contributed by atoms with Crippen LogP contribution in [0.2, 0.25) is 0 Å². The van der Waals surface area contributed by atoms with Crippen molar-refractivity contribution in [2.45, 2.75) is 0 Å². The molecule has 0 aliphatic carbocycles. The lowest BCUT2D eigenvalue weighted by Crippen LogP contribution is -2.09. The number of carbonyl (C=O) groups excluding carboxylic acids is 2. The molecular formula is C12H9NO2. The Morgan fingerprint density at radius 2 is 1.87 bits per heavy atom. The third-order valence-electron chi connectivity index (χ3n) is 2.11. The van der Waals surface area contributed by atoms with Gasteiger partial charge in [-0.05, 0) is 18.2 Å². The highest BCUT2D eigenvalue weighted by Crippen LogP contribution is 2.05. The van der Waals surface area contributed by atoms with Gasteiger partial charge in [-0.15, -0.1) is 0 Å². The largest absolute Gasteiger partial charge is 0.298 e. The van der Waals surface area contributed by atoms with Gasteiger partial charge in [-0.3, -0.25) is 14.2 Å². The first-order valence-electron chi connectivity index (χ1n) is 4.54. The molecule has 74 valence electrons. The van der Waals surface area contributed by atoms with Gasteiger partial charge in [0.2, 0.25) is 0 Å². The zero-order valence-corrected chi connectivity index (χ0v) is 7.96. The molecule has 0 aliphatic heterocycles. The van der Waals surface area contributed by atoms with Gasteiger partial charge in [0.15, 0.2) is 6.29 Å². The zero-order chi connectivity index (χ0) is 10.7. The molecule has 2 aromatic rings. The minimum atomic E-state index is -0.135. The normalized spacial score (nSPS) is 9.87. The Hall–Kier alpha value is -2.16. The van der Waals surface area contributed by atoms with Gasteiger partial charge in [0, 0.05) is 23.5 Å². The number of benzene rings is 1. The molecule has 1 heterocycles. The van der Waals surface area contributed by atoms with E-state index in [0.29, 0.717) is 11.1 Å². The molecule has 0 spiro atoms. The van der Waals surface area contributed by atoms with Crippen LogP contribution in [-0.4, -0.2) is 16.8 Å². The summed E-state index contributed by atoms with van der Waals surface area (Å²) in [6.45, 7) is 0. The van der Waals surface area contributed by atoms with Gasteiger partial charge in [0.25, 0.3) is 5.91 Å². The highest BCUT2D eigenvalue weighted by atomic mass is 16.2. The molecule has 0 amide bonds. The van der Waals surface area contributed by atoms with E-state index in [2.05, 4.69) is 0 Å². The van der Waals surface area contributed by atoms with Crippen LogP contribution < -0.4 is 0 Å². The Labute approximate surface area is 87.0 Å². The number of nitrogens with zero attached hydrogens (tertiary/aromatic N) is 1. The Bertz CT molecular complexity index is 485. The fourth-order valence-corrected chi connectivity index (χ4v) is 1.34. The van der Waals surface area contributed by atoms with Crippen LogP contribution in [0.25, 0.3) is 0 Å². The molecule has 0 radical (unpaired) electrons. The van der Waals surface area contributed by atoms with Crippen molar-refractivity contribution < 1.29 is 9.59 Å². The summed E-state index contributed by atoms with van der Waals surface area (Å²) in [5.41, 5.74) is 1.10. The van der Waals surface area contributed by atoms with Crippen molar-refractivity contribution in [3.8, 4) is 0 Å². The zero-order valence-electron chi connectivity index (χ0n) is 7.96. The van der Waals surface area contributed by atoms with Gasteiger partial charge in [-0.2, -0.15) is 0 Å². The van der Waals surface area contributed by atoms with Crippen LogP contribution in [0.3, 0.4) is 0 Å². The lowest BCUT2D eigenvalue weighted by atomic mass is 10.2. The number of aldehydes is 1. The quantitative estimate of drug-likeness (QED) is 0.694. The molecule has 3 nitrogen and oxygen atoms in total. The molecule has 0 saturated carbocycles. The second-order valence-electron chi connectivity index (χ2n) is 3.14. The standard InChI is InChI=1S/C12H9NO2/c14-9-10-6-7-13(8-10)12(15)11-4-2-1-3-5-11/h1-9H. The van der Waals surface area contributed by atoms with E-state index < -0.39 is 0 Å². The van der Waals surface area contributed by atoms with Crippen LogP contribution in [0, 0.1) is 0 Å². The number of hydrogen-bond donors (Lipinski definition) is 0.